The zero-order valence-corrected chi connectivity index (χ0v) is 25.2. The Morgan fingerprint density at radius 3 is 2.61 bits per heavy atom. The topological polar surface area (TPSA) is 116 Å². The van der Waals surface area contributed by atoms with Crippen LogP contribution in [-0.2, 0) is 28.2 Å². The molecule has 4 aliphatic rings. The first-order valence-corrected chi connectivity index (χ1v) is 16.4. The minimum Gasteiger partial charge on any atom is -0.505 e. The molecule has 4 aliphatic heterocycles. The summed E-state index contributed by atoms with van der Waals surface area (Å²) < 4.78 is 106. The summed E-state index contributed by atoms with van der Waals surface area (Å²) in [7, 11) is -4.49. The normalized spacial score (nSPS) is 30.3. The lowest BCUT2D eigenvalue weighted by molar-refractivity contribution is -0.138. The average molecular weight is 647 g/mol. The number of sulfone groups is 1. The highest BCUT2D eigenvalue weighted by Gasteiger charge is 2.50. The molecule has 242 valence electrons. The summed E-state index contributed by atoms with van der Waals surface area (Å²) in [4.78, 5) is 12.7. The highest BCUT2D eigenvalue weighted by molar-refractivity contribution is 7.91. The van der Waals surface area contributed by atoms with Gasteiger partial charge >= 0.3 is 12.2 Å². The van der Waals surface area contributed by atoms with E-state index in [1.807, 2.05) is 4.90 Å². The minimum absolute atomic E-state index is 0.0592. The lowest BCUT2D eigenvalue weighted by Gasteiger charge is -2.39. The number of alkyl halides is 4. The molecule has 3 fully saturated rings. The fourth-order valence-electron chi connectivity index (χ4n) is 7.55. The van der Waals surface area contributed by atoms with E-state index in [0.717, 1.165) is 19.9 Å². The van der Waals surface area contributed by atoms with E-state index >= 15 is 4.39 Å². The highest BCUT2D eigenvalue weighted by atomic mass is 32.2. The summed E-state index contributed by atoms with van der Waals surface area (Å²) in [5.41, 5.74) is -4.57. The van der Waals surface area contributed by atoms with Crippen molar-refractivity contribution < 1.29 is 45.3 Å². The van der Waals surface area contributed by atoms with E-state index in [-0.39, 0.29) is 42.7 Å². The number of benzene rings is 1. The van der Waals surface area contributed by atoms with Crippen LogP contribution in [0, 0.1) is 12.7 Å². The van der Waals surface area contributed by atoms with Gasteiger partial charge in [-0.2, -0.15) is 23.1 Å². The van der Waals surface area contributed by atoms with Gasteiger partial charge in [-0.3, -0.25) is 4.90 Å². The molecule has 0 aliphatic carbocycles. The Kier molecular flexibility index (Phi) is 7.55. The summed E-state index contributed by atoms with van der Waals surface area (Å²) >= 11 is 0. The van der Waals surface area contributed by atoms with Gasteiger partial charge in [0.05, 0.1) is 33.4 Å². The van der Waals surface area contributed by atoms with Crippen molar-refractivity contribution in [2.45, 2.75) is 86.9 Å². The molecule has 44 heavy (non-hydrogen) atoms. The van der Waals surface area contributed by atoms with E-state index in [4.69, 9.17) is 4.74 Å². The van der Waals surface area contributed by atoms with E-state index < -0.39 is 79.0 Å². The van der Waals surface area contributed by atoms with Gasteiger partial charge in [-0.05, 0) is 57.7 Å². The van der Waals surface area contributed by atoms with Gasteiger partial charge in [0.1, 0.15) is 18.6 Å². The molecule has 3 saturated heterocycles. The Labute approximate surface area is 252 Å². The van der Waals surface area contributed by atoms with Crippen LogP contribution in [0.2, 0.25) is 0 Å². The van der Waals surface area contributed by atoms with Crippen molar-refractivity contribution in [1.29, 1.82) is 0 Å². The Hall–Kier alpha value is -2.78. The Morgan fingerprint density at radius 2 is 1.91 bits per heavy atom. The van der Waals surface area contributed by atoms with E-state index in [0.29, 0.717) is 38.4 Å². The van der Waals surface area contributed by atoms with Gasteiger partial charge in [-0.15, -0.1) is 0 Å². The fraction of sp³-hybridized carbons (Fsp3) is 0.655. The molecule has 0 amide bonds. The first kappa shape index (κ1) is 31.2. The van der Waals surface area contributed by atoms with Crippen molar-refractivity contribution in [2.24, 2.45) is 0 Å². The third kappa shape index (κ3) is 5.48. The lowest BCUT2D eigenvalue weighted by Crippen LogP contribution is -2.47. The molecule has 6 rings (SSSR count). The zero-order valence-electron chi connectivity index (χ0n) is 24.4. The van der Waals surface area contributed by atoms with E-state index in [1.54, 1.807) is 11.8 Å². The van der Waals surface area contributed by atoms with Crippen LogP contribution in [0.5, 0.6) is 11.8 Å². The molecular weight excluding hydrogens is 611 g/mol. The molecule has 15 heteroatoms. The maximum absolute atomic E-state index is 15.3. The molecule has 2 aromatic rings. The van der Waals surface area contributed by atoms with Crippen molar-refractivity contribution in [1.82, 2.24) is 14.9 Å². The van der Waals surface area contributed by atoms with Gasteiger partial charge in [0.2, 0.25) is 0 Å². The number of anilines is 1. The molecule has 1 aromatic carbocycles. The molecule has 1 aromatic heterocycles. The first-order chi connectivity index (χ1) is 20.5. The van der Waals surface area contributed by atoms with Crippen LogP contribution in [0.4, 0.5) is 27.8 Å². The van der Waals surface area contributed by atoms with Crippen LogP contribution in [0.15, 0.2) is 6.07 Å². The largest absolute Gasteiger partial charge is 0.505 e. The molecular formula is C29H35F5N4O5S. The second-order valence-electron chi connectivity index (χ2n) is 13.0. The number of aromatic nitrogens is 2. The van der Waals surface area contributed by atoms with E-state index in [2.05, 4.69) is 9.97 Å². The summed E-state index contributed by atoms with van der Waals surface area (Å²) in [6, 6.07) is 0.463. The van der Waals surface area contributed by atoms with Gasteiger partial charge < -0.3 is 19.8 Å². The summed E-state index contributed by atoms with van der Waals surface area (Å²) in [5, 5.41) is 18.9. The minimum atomic E-state index is -5.10. The number of nitrogens with zero attached hydrogens (tertiary/aromatic N) is 4. The van der Waals surface area contributed by atoms with Gasteiger partial charge in [0, 0.05) is 43.6 Å². The van der Waals surface area contributed by atoms with Crippen molar-refractivity contribution in [3.05, 3.63) is 39.8 Å². The second-order valence-corrected chi connectivity index (χ2v) is 15.1. The smallest absolute Gasteiger partial charge is 0.417 e. The number of hydrogen-bond donors (Lipinski definition) is 2. The third-order valence-electron chi connectivity index (χ3n) is 9.50. The number of rotatable bonds is 5. The number of phenols is 1. The number of piperidine rings is 1. The first-order valence-electron chi connectivity index (χ1n) is 14.7. The highest BCUT2D eigenvalue weighted by Crippen LogP contribution is 2.48. The van der Waals surface area contributed by atoms with Crippen LogP contribution in [0.1, 0.15) is 72.2 Å². The molecule has 0 bridgehead atoms. The summed E-state index contributed by atoms with van der Waals surface area (Å²) in [5.74, 6) is -3.35. The van der Waals surface area contributed by atoms with E-state index in [1.165, 1.54) is 0 Å². The van der Waals surface area contributed by atoms with Gasteiger partial charge in [-0.1, -0.05) is 0 Å². The molecule has 5 heterocycles. The quantitative estimate of drug-likeness (QED) is 0.462. The maximum Gasteiger partial charge on any atom is 0.417 e. The maximum atomic E-state index is 15.3. The predicted molar refractivity (Wildman–Crippen MR) is 150 cm³/mol. The third-order valence-corrected chi connectivity index (χ3v) is 11.5. The number of phenolic OH excluding ortho intramolecular Hbond substituents is 1. The number of β-amino-alcohol motifs (C(OH)–C–C–N with tert-alkyl or cyclic N) is 1. The predicted octanol–water partition coefficient (Wildman–Crippen LogP) is 4.17. The fourth-order valence-corrected chi connectivity index (χ4v) is 9.44. The number of aromatic hydroxyl groups is 1. The number of ether oxygens (including phenoxy) is 1. The lowest BCUT2D eigenvalue weighted by atomic mass is 9.93. The number of aryl methyl sites for hydroxylation is 1. The van der Waals surface area contributed by atoms with Crippen LogP contribution in [-0.4, -0.2) is 83.6 Å². The van der Waals surface area contributed by atoms with Crippen molar-refractivity contribution in [2.75, 3.05) is 37.7 Å². The van der Waals surface area contributed by atoms with Crippen LogP contribution in [0.3, 0.4) is 0 Å². The molecule has 0 radical (unpaired) electrons. The summed E-state index contributed by atoms with van der Waals surface area (Å²) in [6.07, 6.45) is -3.82. The molecule has 0 unspecified atom stereocenters. The molecule has 2 N–H and O–H groups in total. The van der Waals surface area contributed by atoms with Gasteiger partial charge in [-0.25, -0.2) is 17.2 Å². The molecule has 0 spiro atoms. The van der Waals surface area contributed by atoms with Crippen molar-refractivity contribution in [3.63, 3.8) is 0 Å². The number of halogens is 5. The number of fused-ring (bicyclic) bond motifs is 2. The SMILES string of the molecule is Cc1cc(O)c(F)c([C@@H]2Cc3nc(OC[C@@]45CCCN4C[C@H](F)C5)nc(N4CCC[C@@](C)(O)C4)c3CS2(=O)=O)c1C(F)(F)F. The van der Waals surface area contributed by atoms with E-state index in [9.17, 15) is 36.2 Å². The molecule has 4 atom stereocenters. The molecule has 9 nitrogen and oxygen atoms in total. The second kappa shape index (κ2) is 10.6. The zero-order chi connectivity index (χ0) is 31.8. The molecule has 0 saturated carbocycles. The number of aliphatic hydroxyl groups is 1. The van der Waals surface area contributed by atoms with Crippen molar-refractivity contribution >= 4 is 15.7 Å². The summed E-state index contributed by atoms with van der Waals surface area (Å²) in [6.45, 7) is 4.27. The Bertz CT molecular complexity index is 1590. The van der Waals surface area contributed by atoms with Gasteiger partial charge in [0.15, 0.2) is 21.4 Å². The van der Waals surface area contributed by atoms with Crippen LogP contribution in [0.25, 0.3) is 0 Å². The number of hydrogen-bond acceptors (Lipinski definition) is 9. The van der Waals surface area contributed by atoms with Crippen LogP contribution >= 0.6 is 0 Å². The average Bonchev–Trinajstić information content (AvgIpc) is 3.43. The van der Waals surface area contributed by atoms with Crippen molar-refractivity contribution in [3.8, 4) is 11.8 Å². The monoisotopic (exact) mass is 646 g/mol. The van der Waals surface area contributed by atoms with Crippen LogP contribution < -0.4 is 9.64 Å². The standard InChI is InChI=1S/C29H35F5N4O5S/c1-16-9-20(39)24(31)22(23(16)29(32,33)34)21-10-19-18(13-44(21,41)42)25(37-7-3-5-27(2,40)14-37)36-26(35-19)43-15-28-6-4-8-38(28)12-17(30)11-28/h9,17,21,39-40H,3-8,10-15H2,1-2H3/t17-,21+,27-,28+/m1/s1. The Morgan fingerprint density at radius 1 is 1.18 bits per heavy atom. The Balaban J connectivity index is 1.44. The van der Waals surface area contributed by atoms with Gasteiger partial charge in [0.25, 0.3) is 0 Å².